The van der Waals surface area contributed by atoms with Crippen LogP contribution in [0.25, 0.3) is 6.08 Å². The molecule has 1 amide bonds. The van der Waals surface area contributed by atoms with E-state index in [1.54, 1.807) is 42.5 Å². The number of phenols is 1. The van der Waals surface area contributed by atoms with Gasteiger partial charge in [0.2, 0.25) is 0 Å². The van der Waals surface area contributed by atoms with Gasteiger partial charge in [0.05, 0.1) is 18.6 Å². The monoisotopic (exact) mass is 462 g/mol. The maximum Gasteiger partial charge on any atom is 0.283 e. The molecule has 3 aromatic carbocycles. The van der Waals surface area contributed by atoms with Crippen LogP contribution in [-0.2, 0) is 4.79 Å². The van der Waals surface area contributed by atoms with Gasteiger partial charge in [-0.2, -0.15) is 0 Å². The number of Topliss-reactive ketones (excluding diaryl/α,β-unsaturated/α-hetero) is 1. The maximum atomic E-state index is 13.2. The summed E-state index contributed by atoms with van der Waals surface area (Å²) in [4.78, 5) is 31.7. The van der Waals surface area contributed by atoms with E-state index < -0.39 is 5.82 Å². The van der Waals surface area contributed by atoms with Crippen molar-refractivity contribution < 1.29 is 23.8 Å². The molecular weight excluding hydrogens is 443 g/mol. The van der Waals surface area contributed by atoms with Gasteiger partial charge in [-0.15, -0.1) is 0 Å². The lowest BCUT2D eigenvalue weighted by Gasteiger charge is -2.17. The summed E-state index contributed by atoms with van der Waals surface area (Å²) in [5, 5.41) is 10.2. The molecule has 6 nitrogen and oxygen atoms in total. The largest absolute Gasteiger partial charge is 0.504 e. The van der Waals surface area contributed by atoms with Crippen molar-refractivity contribution in [3.8, 4) is 11.5 Å². The summed E-state index contributed by atoms with van der Waals surface area (Å²) in [5.74, 6) is -0.670. The van der Waals surface area contributed by atoms with E-state index in [9.17, 15) is 19.1 Å². The number of hydrogen-bond acceptors (Lipinski definition) is 6. The average molecular weight is 463 g/mol. The van der Waals surface area contributed by atoms with Crippen LogP contribution in [0.3, 0.4) is 0 Å². The number of thioether (sulfide) groups is 1. The zero-order valence-electron chi connectivity index (χ0n) is 17.6. The number of carbonyl (C=O) groups excluding carboxylic acids is 2. The number of aromatic hydroxyl groups is 1. The second-order valence-corrected chi connectivity index (χ2v) is 7.99. The summed E-state index contributed by atoms with van der Waals surface area (Å²) >= 11 is 1.13. The topological polar surface area (TPSA) is 79.2 Å². The normalized spacial score (nSPS) is 14.5. The third kappa shape index (κ3) is 4.96. The number of ketones is 1. The Morgan fingerprint density at radius 2 is 1.85 bits per heavy atom. The van der Waals surface area contributed by atoms with Crippen molar-refractivity contribution in [3.63, 3.8) is 0 Å². The van der Waals surface area contributed by atoms with Gasteiger partial charge in [-0.25, -0.2) is 9.38 Å². The predicted octanol–water partition coefficient (Wildman–Crippen LogP) is 4.90. The van der Waals surface area contributed by atoms with Crippen LogP contribution in [0.15, 0.2) is 83.5 Å². The number of rotatable bonds is 6. The first-order valence-electron chi connectivity index (χ1n) is 9.95. The van der Waals surface area contributed by atoms with Gasteiger partial charge in [0, 0.05) is 5.56 Å². The van der Waals surface area contributed by atoms with E-state index in [1.807, 2.05) is 6.07 Å². The number of halogens is 1. The number of methoxy groups -OCH3 is 1. The number of ether oxygens (including phenoxy) is 1. The van der Waals surface area contributed by atoms with Crippen LogP contribution in [0.1, 0.15) is 15.9 Å². The lowest BCUT2D eigenvalue weighted by Crippen LogP contribution is -2.30. The van der Waals surface area contributed by atoms with Crippen molar-refractivity contribution in [1.82, 2.24) is 0 Å². The molecule has 3 aromatic rings. The average Bonchev–Trinajstić information content (AvgIpc) is 3.14. The first kappa shape index (κ1) is 22.3. The summed E-state index contributed by atoms with van der Waals surface area (Å²) in [6.45, 7) is 0. The van der Waals surface area contributed by atoms with Crippen LogP contribution in [0.4, 0.5) is 10.1 Å². The fourth-order valence-corrected chi connectivity index (χ4v) is 4.10. The van der Waals surface area contributed by atoms with Crippen molar-refractivity contribution in [2.45, 2.75) is 0 Å². The Labute approximate surface area is 194 Å². The Kier molecular flexibility index (Phi) is 6.55. The van der Waals surface area contributed by atoms with Gasteiger partial charge < -0.3 is 9.84 Å². The number of amidine groups is 1. The molecule has 0 aromatic heterocycles. The van der Waals surface area contributed by atoms with E-state index in [1.165, 1.54) is 42.3 Å². The second-order valence-electron chi connectivity index (χ2n) is 7.05. The van der Waals surface area contributed by atoms with Gasteiger partial charge >= 0.3 is 0 Å². The molecule has 1 aliphatic heterocycles. The molecule has 1 aliphatic rings. The molecule has 0 bridgehead atoms. The van der Waals surface area contributed by atoms with Crippen LogP contribution in [0.2, 0.25) is 0 Å². The number of nitrogens with zero attached hydrogens (tertiary/aromatic N) is 2. The summed E-state index contributed by atoms with van der Waals surface area (Å²) in [7, 11) is 1.44. The first-order chi connectivity index (χ1) is 16.0. The number of carbonyl (C=O) groups is 2. The van der Waals surface area contributed by atoms with Gasteiger partial charge in [0.25, 0.3) is 5.91 Å². The number of anilines is 1. The fraction of sp³-hybridized carbons (Fsp3) is 0.0800. The number of aliphatic imine (C=N–C) groups is 1. The van der Waals surface area contributed by atoms with Gasteiger partial charge in [0.1, 0.15) is 11.5 Å². The lowest BCUT2D eigenvalue weighted by atomic mass is 10.1. The minimum atomic E-state index is -0.416. The van der Waals surface area contributed by atoms with Crippen LogP contribution in [-0.4, -0.2) is 34.8 Å². The van der Waals surface area contributed by atoms with Gasteiger partial charge in [-0.05, 0) is 60.2 Å². The quantitative estimate of drug-likeness (QED) is 0.416. The standard InChI is InChI=1S/C25H19FN2O4S/c1-32-23-14-16(7-12-21(23)29)13-20-24(31)28(19-5-3-2-4-6-19)25(27-20)33-15-22(30)17-8-10-18(26)11-9-17/h2-14,29H,15H2,1H3/b20-13-. The molecule has 0 fully saturated rings. The van der Waals surface area contributed by atoms with E-state index in [0.29, 0.717) is 22.0 Å². The van der Waals surface area contributed by atoms with Gasteiger partial charge in [-0.1, -0.05) is 36.0 Å². The molecule has 1 N–H and O–H groups in total. The molecule has 166 valence electrons. The smallest absolute Gasteiger partial charge is 0.283 e. The van der Waals surface area contributed by atoms with Crippen LogP contribution >= 0.6 is 11.8 Å². The van der Waals surface area contributed by atoms with Crippen molar-refractivity contribution in [2.24, 2.45) is 4.99 Å². The highest BCUT2D eigenvalue weighted by Crippen LogP contribution is 2.31. The molecule has 33 heavy (non-hydrogen) atoms. The molecule has 0 saturated carbocycles. The molecule has 0 saturated heterocycles. The third-order valence-electron chi connectivity index (χ3n) is 4.85. The first-order valence-corrected chi connectivity index (χ1v) is 10.9. The van der Waals surface area contributed by atoms with Gasteiger partial charge in [-0.3, -0.25) is 14.5 Å². The zero-order valence-corrected chi connectivity index (χ0v) is 18.4. The highest BCUT2D eigenvalue weighted by molar-refractivity contribution is 8.14. The van der Waals surface area contributed by atoms with E-state index in [0.717, 1.165) is 11.8 Å². The number of para-hydroxylation sites is 1. The molecule has 0 atom stereocenters. The van der Waals surface area contributed by atoms with Crippen LogP contribution < -0.4 is 9.64 Å². The van der Waals surface area contributed by atoms with Crippen molar-refractivity contribution in [3.05, 3.63) is 95.4 Å². The number of benzene rings is 3. The molecule has 0 spiro atoms. The molecule has 0 aliphatic carbocycles. The van der Waals surface area contributed by atoms with E-state index in [4.69, 9.17) is 4.74 Å². The lowest BCUT2D eigenvalue weighted by molar-refractivity contribution is -0.113. The van der Waals surface area contributed by atoms with E-state index in [-0.39, 0.29) is 34.6 Å². The Balaban J connectivity index is 1.63. The highest BCUT2D eigenvalue weighted by Gasteiger charge is 2.32. The fourth-order valence-electron chi connectivity index (χ4n) is 3.19. The molecular formula is C25H19FN2O4S. The summed E-state index contributed by atoms with van der Waals surface area (Å²) in [5.41, 5.74) is 1.81. The number of amides is 1. The van der Waals surface area contributed by atoms with E-state index in [2.05, 4.69) is 4.99 Å². The molecule has 0 unspecified atom stereocenters. The SMILES string of the molecule is COc1cc(/C=C2\N=C(SCC(=O)c3ccc(F)cc3)N(c3ccccc3)C2=O)ccc1O. The van der Waals surface area contributed by atoms with Crippen LogP contribution in [0, 0.1) is 5.82 Å². The van der Waals surface area contributed by atoms with Crippen molar-refractivity contribution in [1.29, 1.82) is 0 Å². The van der Waals surface area contributed by atoms with Gasteiger partial charge in [0.15, 0.2) is 22.4 Å². The Hall–Kier alpha value is -3.91. The van der Waals surface area contributed by atoms with E-state index >= 15 is 0 Å². The maximum absolute atomic E-state index is 13.2. The van der Waals surface area contributed by atoms with Crippen LogP contribution in [0.5, 0.6) is 11.5 Å². The third-order valence-corrected chi connectivity index (χ3v) is 5.79. The van der Waals surface area contributed by atoms with Crippen molar-refractivity contribution >= 4 is 40.4 Å². The Bertz CT molecular complexity index is 1260. The van der Waals surface area contributed by atoms with Crippen molar-refractivity contribution in [2.75, 3.05) is 17.8 Å². The Morgan fingerprint density at radius 3 is 2.55 bits per heavy atom. The highest BCUT2D eigenvalue weighted by atomic mass is 32.2. The summed E-state index contributed by atoms with van der Waals surface area (Å²) in [6, 6.07) is 19.1. The number of phenolic OH excluding ortho intramolecular Hbond substituents is 1. The molecule has 0 radical (unpaired) electrons. The Morgan fingerprint density at radius 1 is 1.12 bits per heavy atom. The summed E-state index contributed by atoms with van der Waals surface area (Å²) in [6.07, 6.45) is 1.59. The molecule has 1 heterocycles. The molecule has 4 rings (SSSR count). The minimum absolute atomic E-state index is 0.0117. The zero-order chi connectivity index (χ0) is 23.4. The number of hydrogen-bond donors (Lipinski definition) is 1. The second kappa shape index (κ2) is 9.70. The predicted molar refractivity (Wildman–Crippen MR) is 127 cm³/mol. The summed E-state index contributed by atoms with van der Waals surface area (Å²) < 4.78 is 18.3. The minimum Gasteiger partial charge on any atom is -0.504 e. The molecule has 8 heteroatoms.